The molecule has 0 bridgehead atoms. The summed E-state index contributed by atoms with van der Waals surface area (Å²) in [6, 6.07) is 0. The fourth-order valence-electron chi connectivity index (χ4n) is 1.28. The Bertz CT molecular complexity index is 142. The predicted molar refractivity (Wildman–Crippen MR) is 54.1 cm³/mol. The number of nitrogens with zero attached hydrogens (tertiary/aromatic N) is 1. The molecule has 0 saturated carbocycles. The van der Waals surface area contributed by atoms with Gasteiger partial charge in [0, 0.05) is 12.0 Å². The smallest absolute Gasteiger partial charge is 0.114 e. The van der Waals surface area contributed by atoms with Crippen LogP contribution in [0.15, 0.2) is 0 Å². The Balaban J connectivity index is 4.40. The molecule has 2 unspecified atom stereocenters. The molecule has 2 N–H and O–H groups in total. The molecule has 13 heavy (non-hydrogen) atoms. The maximum Gasteiger partial charge on any atom is 0.114 e. The van der Waals surface area contributed by atoms with Crippen LogP contribution in [0.1, 0.15) is 41.0 Å². The van der Waals surface area contributed by atoms with Crippen LogP contribution in [0.5, 0.6) is 0 Å². The minimum atomic E-state index is -0.590. The van der Waals surface area contributed by atoms with E-state index in [1.807, 2.05) is 34.6 Å². The van der Waals surface area contributed by atoms with Crippen molar-refractivity contribution >= 4 is 0 Å². The first-order chi connectivity index (χ1) is 5.84. The molecule has 0 amide bonds. The topological polar surface area (TPSA) is 43.7 Å². The van der Waals surface area contributed by atoms with E-state index >= 15 is 0 Å². The highest BCUT2D eigenvalue weighted by Gasteiger charge is 2.30. The second-order valence-corrected chi connectivity index (χ2v) is 4.46. The molecule has 3 nitrogen and oxygen atoms in total. The Morgan fingerprint density at radius 2 is 1.62 bits per heavy atom. The third kappa shape index (κ3) is 3.63. The van der Waals surface area contributed by atoms with Crippen molar-refractivity contribution < 1.29 is 10.2 Å². The van der Waals surface area contributed by atoms with Gasteiger partial charge in [-0.2, -0.15) is 0 Å². The molecule has 0 fully saturated rings. The highest BCUT2D eigenvalue weighted by atomic mass is 16.3. The zero-order valence-corrected chi connectivity index (χ0v) is 9.41. The monoisotopic (exact) mass is 189 g/mol. The van der Waals surface area contributed by atoms with Crippen LogP contribution in [0.25, 0.3) is 0 Å². The van der Waals surface area contributed by atoms with Crippen molar-refractivity contribution in [3.05, 3.63) is 0 Å². The lowest BCUT2D eigenvalue weighted by molar-refractivity contribution is -0.142. The van der Waals surface area contributed by atoms with Crippen LogP contribution < -0.4 is 0 Å². The van der Waals surface area contributed by atoms with Gasteiger partial charge in [-0.15, -0.1) is 0 Å². The van der Waals surface area contributed by atoms with E-state index in [1.54, 1.807) is 4.90 Å². The molecule has 0 rings (SSSR count). The molecular formula is C10H23NO2. The number of rotatable bonds is 4. The summed E-state index contributed by atoms with van der Waals surface area (Å²) >= 11 is 0. The Morgan fingerprint density at radius 3 is 1.85 bits per heavy atom. The van der Waals surface area contributed by atoms with Crippen LogP contribution in [-0.2, 0) is 0 Å². The standard InChI is InChI=1S/C10H23NO2/c1-6-8(12)11(7-2)9(13)10(3,4)5/h8-9,12-13H,6-7H2,1-5H3. The van der Waals surface area contributed by atoms with E-state index in [0.717, 1.165) is 0 Å². The fourth-order valence-corrected chi connectivity index (χ4v) is 1.28. The largest absolute Gasteiger partial charge is 0.378 e. The first kappa shape index (κ1) is 12.9. The summed E-state index contributed by atoms with van der Waals surface area (Å²) in [7, 11) is 0. The van der Waals surface area contributed by atoms with Crippen molar-refractivity contribution in [3.8, 4) is 0 Å². The molecule has 0 heterocycles. The molecule has 0 aliphatic rings. The van der Waals surface area contributed by atoms with E-state index in [4.69, 9.17) is 0 Å². The van der Waals surface area contributed by atoms with E-state index in [-0.39, 0.29) is 5.41 Å². The molecule has 0 spiro atoms. The molecular weight excluding hydrogens is 166 g/mol. The number of aliphatic hydroxyl groups is 2. The summed E-state index contributed by atoms with van der Waals surface area (Å²) in [6.45, 7) is 10.4. The van der Waals surface area contributed by atoms with E-state index in [2.05, 4.69) is 0 Å². The quantitative estimate of drug-likeness (QED) is 0.657. The summed E-state index contributed by atoms with van der Waals surface area (Å²) in [5, 5.41) is 19.5. The van der Waals surface area contributed by atoms with Crippen molar-refractivity contribution in [1.82, 2.24) is 4.90 Å². The summed E-state index contributed by atoms with van der Waals surface area (Å²) < 4.78 is 0. The molecule has 3 heteroatoms. The predicted octanol–water partition coefficient (Wildman–Crippen LogP) is 1.40. The maximum atomic E-state index is 9.91. The average Bonchev–Trinajstić information content (AvgIpc) is 2.03. The molecule has 0 aliphatic heterocycles. The van der Waals surface area contributed by atoms with Gasteiger partial charge in [0.15, 0.2) is 0 Å². The van der Waals surface area contributed by atoms with E-state index in [0.29, 0.717) is 13.0 Å². The van der Waals surface area contributed by atoms with Gasteiger partial charge in [0.1, 0.15) is 12.5 Å². The van der Waals surface area contributed by atoms with E-state index in [1.165, 1.54) is 0 Å². The molecule has 0 aliphatic carbocycles. The van der Waals surface area contributed by atoms with Crippen molar-refractivity contribution in [2.45, 2.75) is 53.5 Å². The lowest BCUT2D eigenvalue weighted by Crippen LogP contribution is -2.49. The van der Waals surface area contributed by atoms with E-state index < -0.39 is 12.5 Å². The zero-order chi connectivity index (χ0) is 10.6. The van der Waals surface area contributed by atoms with Crippen LogP contribution in [0.3, 0.4) is 0 Å². The SMILES string of the molecule is CCC(O)N(CC)C(O)C(C)(C)C. The molecule has 0 radical (unpaired) electrons. The van der Waals surface area contributed by atoms with Gasteiger partial charge in [-0.1, -0.05) is 34.6 Å². The molecule has 2 atom stereocenters. The highest BCUT2D eigenvalue weighted by Crippen LogP contribution is 2.23. The summed E-state index contributed by atoms with van der Waals surface area (Å²) in [4.78, 5) is 1.71. The summed E-state index contributed by atoms with van der Waals surface area (Å²) in [5.74, 6) is 0. The lowest BCUT2D eigenvalue weighted by atomic mass is 9.93. The third-order valence-corrected chi connectivity index (χ3v) is 2.20. The van der Waals surface area contributed by atoms with Gasteiger partial charge < -0.3 is 10.2 Å². The minimum absolute atomic E-state index is 0.216. The van der Waals surface area contributed by atoms with Gasteiger partial charge in [0.2, 0.25) is 0 Å². The van der Waals surface area contributed by atoms with Crippen molar-refractivity contribution in [2.24, 2.45) is 5.41 Å². The van der Waals surface area contributed by atoms with Gasteiger partial charge in [-0.3, -0.25) is 4.90 Å². The number of hydrogen-bond donors (Lipinski definition) is 2. The third-order valence-electron chi connectivity index (χ3n) is 2.20. The molecule has 0 aromatic rings. The first-order valence-corrected chi connectivity index (χ1v) is 4.96. The van der Waals surface area contributed by atoms with E-state index in [9.17, 15) is 10.2 Å². The van der Waals surface area contributed by atoms with Crippen LogP contribution in [0.4, 0.5) is 0 Å². The van der Waals surface area contributed by atoms with Crippen LogP contribution in [-0.4, -0.2) is 34.1 Å². The second kappa shape index (κ2) is 4.94. The highest BCUT2D eigenvalue weighted by molar-refractivity contribution is 4.74. The molecule has 0 aromatic heterocycles. The normalized spacial score (nSPS) is 17.5. The second-order valence-electron chi connectivity index (χ2n) is 4.46. The fraction of sp³-hybridized carbons (Fsp3) is 1.00. The summed E-state index contributed by atoms with van der Waals surface area (Å²) in [6.07, 6.45) is -0.493. The van der Waals surface area contributed by atoms with Crippen LogP contribution in [0.2, 0.25) is 0 Å². The van der Waals surface area contributed by atoms with Gasteiger partial charge in [0.25, 0.3) is 0 Å². The van der Waals surface area contributed by atoms with Gasteiger partial charge in [-0.25, -0.2) is 0 Å². The Kier molecular flexibility index (Phi) is 4.89. The Labute approximate surface area is 81.4 Å². The van der Waals surface area contributed by atoms with Crippen LogP contribution in [0, 0.1) is 5.41 Å². The Morgan fingerprint density at radius 1 is 1.15 bits per heavy atom. The van der Waals surface area contributed by atoms with Crippen molar-refractivity contribution in [2.75, 3.05) is 6.54 Å². The maximum absolute atomic E-state index is 9.91. The zero-order valence-electron chi connectivity index (χ0n) is 9.41. The van der Waals surface area contributed by atoms with Gasteiger partial charge in [-0.05, 0) is 6.42 Å². The number of aliphatic hydroxyl groups excluding tert-OH is 2. The molecule has 80 valence electrons. The molecule has 0 saturated heterocycles. The lowest BCUT2D eigenvalue weighted by Gasteiger charge is -2.38. The van der Waals surface area contributed by atoms with Crippen LogP contribution >= 0.6 is 0 Å². The Hall–Kier alpha value is -0.120. The number of hydrogen-bond acceptors (Lipinski definition) is 3. The summed E-state index contributed by atoms with van der Waals surface area (Å²) in [5.41, 5.74) is -0.216. The van der Waals surface area contributed by atoms with Crippen molar-refractivity contribution in [3.63, 3.8) is 0 Å². The van der Waals surface area contributed by atoms with Gasteiger partial charge in [0.05, 0.1) is 0 Å². The minimum Gasteiger partial charge on any atom is -0.378 e. The first-order valence-electron chi connectivity index (χ1n) is 4.96. The molecule has 0 aromatic carbocycles. The van der Waals surface area contributed by atoms with Gasteiger partial charge >= 0.3 is 0 Å². The van der Waals surface area contributed by atoms with Crippen molar-refractivity contribution in [1.29, 1.82) is 0 Å². The average molecular weight is 189 g/mol.